The molecule has 36 heavy (non-hydrogen) atoms. The predicted molar refractivity (Wildman–Crippen MR) is 143 cm³/mol. The number of fused-ring (bicyclic) bond motifs is 2. The summed E-state index contributed by atoms with van der Waals surface area (Å²) in [5, 5.41) is 2.90. The van der Waals surface area contributed by atoms with Gasteiger partial charge >= 0.3 is 0 Å². The third kappa shape index (κ3) is 4.62. The van der Waals surface area contributed by atoms with Crippen molar-refractivity contribution in [3.05, 3.63) is 124 Å². The summed E-state index contributed by atoms with van der Waals surface area (Å²) in [6, 6.07) is 27.6. The molecule has 0 saturated carbocycles. The molecular weight excluding hydrogens is 466 g/mol. The highest BCUT2D eigenvalue weighted by Crippen LogP contribution is 2.40. The summed E-state index contributed by atoms with van der Waals surface area (Å²) in [5.41, 5.74) is 3.35. The van der Waals surface area contributed by atoms with Crippen molar-refractivity contribution in [1.82, 2.24) is 0 Å². The van der Waals surface area contributed by atoms with Gasteiger partial charge in [0.05, 0.1) is 11.3 Å². The fourth-order valence-electron chi connectivity index (χ4n) is 4.40. The van der Waals surface area contributed by atoms with Gasteiger partial charge in [-0.1, -0.05) is 79.7 Å². The van der Waals surface area contributed by atoms with Crippen molar-refractivity contribution < 1.29 is 14.4 Å². The van der Waals surface area contributed by atoms with E-state index in [0.717, 1.165) is 24.2 Å². The van der Waals surface area contributed by atoms with Crippen LogP contribution in [0.15, 0.2) is 101 Å². The summed E-state index contributed by atoms with van der Waals surface area (Å²) in [6.45, 7) is 2.15. The Labute approximate surface area is 214 Å². The first-order valence-electron chi connectivity index (χ1n) is 12.1. The van der Waals surface area contributed by atoms with Crippen LogP contribution >= 0.6 is 11.8 Å². The minimum atomic E-state index is -0.318. The van der Waals surface area contributed by atoms with E-state index in [4.69, 9.17) is 0 Å². The van der Waals surface area contributed by atoms with Crippen LogP contribution in [0.4, 0.5) is 5.69 Å². The Morgan fingerprint density at radius 1 is 0.750 bits per heavy atom. The first kappa shape index (κ1) is 23.8. The Kier molecular flexibility index (Phi) is 6.83. The number of aryl methyl sites for hydroxylation is 1. The highest BCUT2D eigenvalue weighted by Gasteiger charge is 2.34. The number of ketones is 2. The van der Waals surface area contributed by atoms with Crippen molar-refractivity contribution in [1.29, 1.82) is 0 Å². The van der Waals surface area contributed by atoms with Crippen LogP contribution in [0.25, 0.3) is 0 Å². The lowest BCUT2D eigenvalue weighted by Gasteiger charge is -2.23. The monoisotopic (exact) mass is 491 g/mol. The van der Waals surface area contributed by atoms with E-state index >= 15 is 0 Å². The van der Waals surface area contributed by atoms with Crippen LogP contribution in [-0.4, -0.2) is 17.5 Å². The van der Waals surface area contributed by atoms with Crippen molar-refractivity contribution in [2.45, 2.75) is 36.0 Å². The molecule has 0 atom stereocenters. The molecule has 5 rings (SSSR count). The van der Waals surface area contributed by atoms with Crippen LogP contribution in [0.3, 0.4) is 0 Å². The number of carbonyl (C=O) groups is 3. The molecular formula is C31H25NO3S. The summed E-state index contributed by atoms with van der Waals surface area (Å²) < 4.78 is 0. The molecule has 4 aromatic carbocycles. The molecule has 4 aromatic rings. The fourth-order valence-corrected chi connectivity index (χ4v) is 5.38. The highest BCUT2D eigenvalue weighted by atomic mass is 32.2. The summed E-state index contributed by atoms with van der Waals surface area (Å²) in [6.07, 6.45) is 3.19. The third-order valence-corrected chi connectivity index (χ3v) is 7.36. The van der Waals surface area contributed by atoms with Crippen molar-refractivity contribution in [3.63, 3.8) is 0 Å². The van der Waals surface area contributed by atoms with E-state index in [1.807, 2.05) is 42.5 Å². The van der Waals surface area contributed by atoms with Gasteiger partial charge in [-0.25, -0.2) is 0 Å². The van der Waals surface area contributed by atoms with Crippen LogP contribution in [0.5, 0.6) is 0 Å². The zero-order valence-electron chi connectivity index (χ0n) is 19.9. The van der Waals surface area contributed by atoms with Gasteiger partial charge in [0, 0.05) is 32.0 Å². The van der Waals surface area contributed by atoms with Gasteiger partial charge in [-0.3, -0.25) is 14.4 Å². The van der Waals surface area contributed by atoms with E-state index in [1.54, 1.807) is 48.5 Å². The smallest absolute Gasteiger partial charge is 0.255 e. The van der Waals surface area contributed by atoms with Crippen molar-refractivity contribution in [2.24, 2.45) is 0 Å². The number of hydrogen-bond donors (Lipinski definition) is 1. The fraction of sp³-hybridized carbons (Fsp3) is 0.129. The predicted octanol–water partition coefficient (Wildman–Crippen LogP) is 7.21. The molecule has 4 nitrogen and oxygen atoms in total. The largest absolute Gasteiger partial charge is 0.321 e. The van der Waals surface area contributed by atoms with Crippen LogP contribution in [0.2, 0.25) is 0 Å². The van der Waals surface area contributed by atoms with E-state index in [2.05, 4.69) is 12.2 Å². The van der Waals surface area contributed by atoms with E-state index in [9.17, 15) is 14.4 Å². The number of carbonyl (C=O) groups excluding carboxylic acids is 3. The number of benzene rings is 4. The summed E-state index contributed by atoms with van der Waals surface area (Å²) in [5.74, 6) is -0.794. The molecule has 0 bridgehead atoms. The number of unbranched alkanes of at least 4 members (excludes halogenated alkanes) is 1. The Hall–Kier alpha value is -3.96. The second-order valence-electron chi connectivity index (χ2n) is 8.73. The maximum atomic E-state index is 13.6. The molecule has 1 aliphatic rings. The molecule has 178 valence electrons. The quantitative estimate of drug-likeness (QED) is 0.261. The second kappa shape index (κ2) is 10.3. The minimum Gasteiger partial charge on any atom is -0.321 e. The van der Waals surface area contributed by atoms with Crippen LogP contribution in [-0.2, 0) is 6.42 Å². The van der Waals surface area contributed by atoms with Gasteiger partial charge in [0.2, 0.25) is 0 Å². The molecule has 5 heteroatoms. The van der Waals surface area contributed by atoms with Gasteiger partial charge in [0.15, 0.2) is 11.6 Å². The average molecular weight is 492 g/mol. The van der Waals surface area contributed by atoms with Crippen LogP contribution in [0, 0.1) is 0 Å². The van der Waals surface area contributed by atoms with Gasteiger partial charge in [0.1, 0.15) is 0 Å². The summed E-state index contributed by atoms with van der Waals surface area (Å²) in [7, 11) is 0. The molecule has 1 aliphatic carbocycles. The molecule has 0 aliphatic heterocycles. The van der Waals surface area contributed by atoms with Gasteiger partial charge in [-0.15, -0.1) is 0 Å². The Bertz CT molecular complexity index is 1460. The lowest BCUT2D eigenvalue weighted by Crippen LogP contribution is -2.24. The minimum absolute atomic E-state index is 0.213. The molecule has 0 unspecified atom stereocenters. The standard InChI is InChI=1S/C31H25NO3S/c1-2-3-9-20-14-16-21(17-15-20)31(35)32-25-18-19-26(36-22-10-5-4-6-11-22)28-27(25)29(33)23-12-7-8-13-24(23)30(28)34/h4-8,10-19H,2-3,9H2,1H3,(H,32,35). The zero-order chi connectivity index (χ0) is 25.1. The lowest BCUT2D eigenvalue weighted by molar-refractivity contribution is 0.0976. The number of nitrogens with one attached hydrogen (secondary N) is 1. The maximum absolute atomic E-state index is 13.6. The maximum Gasteiger partial charge on any atom is 0.255 e. The number of rotatable bonds is 7. The Morgan fingerprint density at radius 3 is 2.06 bits per heavy atom. The van der Waals surface area contributed by atoms with E-state index in [-0.39, 0.29) is 23.0 Å². The highest BCUT2D eigenvalue weighted by molar-refractivity contribution is 7.99. The van der Waals surface area contributed by atoms with Crippen molar-refractivity contribution in [2.75, 3.05) is 5.32 Å². The molecule has 1 N–H and O–H groups in total. The first-order valence-corrected chi connectivity index (χ1v) is 12.9. The van der Waals surface area contributed by atoms with Crippen molar-refractivity contribution >= 4 is 34.9 Å². The van der Waals surface area contributed by atoms with Crippen molar-refractivity contribution in [3.8, 4) is 0 Å². The normalized spacial score (nSPS) is 12.1. The lowest BCUT2D eigenvalue weighted by atomic mass is 9.83. The Morgan fingerprint density at radius 2 is 1.39 bits per heavy atom. The molecule has 0 fully saturated rings. The Balaban J connectivity index is 1.53. The molecule has 0 aromatic heterocycles. The second-order valence-corrected chi connectivity index (χ2v) is 9.85. The van der Waals surface area contributed by atoms with E-state index < -0.39 is 0 Å². The number of amides is 1. The third-order valence-electron chi connectivity index (χ3n) is 6.29. The number of anilines is 1. The number of hydrogen-bond acceptors (Lipinski definition) is 4. The van der Waals surface area contributed by atoms with Gasteiger partial charge in [-0.05, 0) is 54.8 Å². The van der Waals surface area contributed by atoms with Gasteiger partial charge < -0.3 is 5.32 Å². The van der Waals surface area contributed by atoms with Crippen LogP contribution in [0.1, 0.15) is 67.5 Å². The zero-order valence-corrected chi connectivity index (χ0v) is 20.7. The first-order chi connectivity index (χ1) is 17.6. The summed E-state index contributed by atoms with van der Waals surface area (Å²) >= 11 is 1.43. The summed E-state index contributed by atoms with van der Waals surface area (Å²) in [4.78, 5) is 42.0. The molecule has 0 heterocycles. The topological polar surface area (TPSA) is 63.2 Å². The van der Waals surface area contributed by atoms with Gasteiger partial charge in [0.25, 0.3) is 5.91 Å². The van der Waals surface area contributed by atoms with Crippen LogP contribution < -0.4 is 5.32 Å². The molecule has 0 saturated heterocycles. The molecule has 0 spiro atoms. The molecule has 1 amide bonds. The van der Waals surface area contributed by atoms with Gasteiger partial charge in [-0.2, -0.15) is 0 Å². The SMILES string of the molecule is CCCCc1ccc(C(=O)Nc2ccc(Sc3ccccc3)c3c2C(=O)c2ccccc2C3=O)cc1. The molecule has 0 radical (unpaired) electrons. The van der Waals surface area contributed by atoms with E-state index in [0.29, 0.717) is 32.8 Å². The van der Waals surface area contributed by atoms with E-state index in [1.165, 1.54) is 17.3 Å². The average Bonchev–Trinajstić information content (AvgIpc) is 2.92.